The van der Waals surface area contributed by atoms with Crippen LogP contribution >= 0.6 is 0 Å². The van der Waals surface area contributed by atoms with Gasteiger partial charge < -0.3 is 15.1 Å². The minimum atomic E-state index is -0.654. The van der Waals surface area contributed by atoms with Crippen molar-refractivity contribution < 1.29 is 19.4 Å². The van der Waals surface area contributed by atoms with Crippen molar-refractivity contribution in [1.82, 2.24) is 4.90 Å². The molecule has 0 saturated carbocycles. The quantitative estimate of drug-likeness (QED) is 0.836. The second-order valence-electron chi connectivity index (χ2n) is 4.48. The molecule has 2 unspecified atom stereocenters. The highest BCUT2D eigenvalue weighted by molar-refractivity contribution is 5.79. The smallest absolute Gasteiger partial charge is 0.225 e. The van der Waals surface area contributed by atoms with Crippen molar-refractivity contribution in [2.45, 2.75) is 25.0 Å². The van der Waals surface area contributed by atoms with Crippen molar-refractivity contribution >= 4 is 5.91 Å². The van der Waals surface area contributed by atoms with Crippen molar-refractivity contribution in [3.05, 3.63) is 35.6 Å². The Morgan fingerprint density at radius 1 is 1.39 bits per heavy atom. The molecule has 1 aromatic rings. The average Bonchev–Trinajstić information content (AvgIpc) is 2.67. The number of nitrogens with zero attached hydrogens (tertiary/aromatic N) is 1. The number of likely N-dealkylation sites (tertiary alicyclic amines) is 1. The number of amides is 1. The lowest BCUT2D eigenvalue weighted by molar-refractivity contribution is -0.130. The first-order valence-corrected chi connectivity index (χ1v) is 5.95. The van der Waals surface area contributed by atoms with Gasteiger partial charge in [0.15, 0.2) is 0 Å². The van der Waals surface area contributed by atoms with Crippen LogP contribution in [0.4, 0.5) is 4.39 Å². The Labute approximate surface area is 105 Å². The highest BCUT2D eigenvalue weighted by Gasteiger charge is 2.33. The number of hydrogen-bond acceptors (Lipinski definition) is 3. The van der Waals surface area contributed by atoms with Crippen LogP contribution in [0.25, 0.3) is 0 Å². The number of halogens is 1. The molecule has 18 heavy (non-hydrogen) atoms. The van der Waals surface area contributed by atoms with Gasteiger partial charge in [0.2, 0.25) is 5.91 Å². The zero-order valence-electron chi connectivity index (χ0n) is 9.92. The van der Waals surface area contributed by atoms with Crippen LogP contribution in [0.3, 0.4) is 0 Å². The van der Waals surface area contributed by atoms with Crippen molar-refractivity contribution in [2.24, 2.45) is 0 Å². The van der Waals surface area contributed by atoms with Crippen LogP contribution in [0.15, 0.2) is 24.3 Å². The van der Waals surface area contributed by atoms with E-state index in [0.717, 1.165) is 5.56 Å². The standard InChI is InChI=1S/C13H16FNO3/c14-10-3-1-9(2-4-10)12(5-6-16)15-8-11(17)7-13(15)18/h1-4,11-12,16-17H,5-8H2. The van der Waals surface area contributed by atoms with Crippen LogP contribution in [0.5, 0.6) is 0 Å². The van der Waals surface area contributed by atoms with Crippen LogP contribution in [0, 0.1) is 5.82 Å². The molecule has 0 aliphatic carbocycles. The van der Waals surface area contributed by atoms with Gasteiger partial charge in [0.1, 0.15) is 5.82 Å². The highest BCUT2D eigenvalue weighted by atomic mass is 19.1. The summed E-state index contributed by atoms with van der Waals surface area (Å²) in [6.45, 7) is 0.197. The van der Waals surface area contributed by atoms with E-state index in [1.807, 2.05) is 0 Å². The molecule has 1 saturated heterocycles. The molecular formula is C13H16FNO3. The Morgan fingerprint density at radius 3 is 2.56 bits per heavy atom. The summed E-state index contributed by atoms with van der Waals surface area (Å²) in [5.41, 5.74) is 0.771. The molecule has 5 heteroatoms. The second kappa shape index (κ2) is 5.46. The molecule has 0 radical (unpaired) electrons. The van der Waals surface area contributed by atoms with Gasteiger partial charge in [-0.15, -0.1) is 0 Å². The third-order valence-electron chi connectivity index (χ3n) is 3.17. The molecule has 2 N–H and O–H groups in total. The Balaban J connectivity index is 2.22. The first-order chi connectivity index (χ1) is 8.61. The van der Waals surface area contributed by atoms with Crippen LogP contribution in [-0.4, -0.2) is 40.3 Å². The summed E-state index contributed by atoms with van der Waals surface area (Å²) in [6, 6.07) is 5.56. The van der Waals surface area contributed by atoms with Crippen molar-refractivity contribution in [1.29, 1.82) is 0 Å². The molecule has 0 spiro atoms. The molecule has 1 aromatic carbocycles. The summed E-state index contributed by atoms with van der Waals surface area (Å²) in [6.07, 6.45) is -0.160. The normalized spacial score (nSPS) is 21.4. The van der Waals surface area contributed by atoms with Crippen molar-refractivity contribution in [2.75, 3.05) is 13.2 Å². The lowest BCUT2D eigenvalue weighted by atomic mass is 10.0. The van der Waals surface area contributed by atoms with Gasteiger partial charge in [0, 0.05) is 13.2 Å². The molecule has 1 aliphatic rings. The van der Waals surface area contributed by atoms with Crippen molar-refractivity contribution in [3.8, 4) is 0 Å². The predicted octanol–water partition coefficient (Wildman–Crippen LogP) is 0.842. The monoisotopic (exact) mass is 253 g/mol. The Bertz CT molecular complexity index is 421. The summed E-state index contributed by atoms with van der Waals surface area (Å²) < 4.78 is 12.9. The molecule has 1 fully saturated rings. The van der Waals surface area contributed by atoms with Gasteiger partial charge in [-0.25, -0.2) is 4.39 Å². The first kappa shape index (κ1) is 13.0. The average molecular weight is 253 g/mol. The topological polar surface area (TPSA) is 60.8 Å². The first-order valence-electron chi connectivity index (χ1n) is 5.95. The fourth-order valence-electron chi connectivity index (χ4n) is 2.32. The van der Waals surface area contributed by atoms with Gasteiger partial charge in [-0.05, 0) is 24.1 Å². The molecule has 0 aromatic heterocycles. The zero-order chi connectivity index (χ0) is 13.1. The van der Waals surface area contributed by atoms with E-state index < -0.39 is 6.10 Å². The van der Waals surface area contributed by atoms with Gasteiger partial charge in [-0.1, -0.05) is 12.1 Å². The molecule has 1 aliphatic heterocycles. The Morgan fingerprint density at radius 2 is 2.06 bits per heavy atom. The third kappa shape index (κ3) is 2.68. The van der Waals surface area contributed by atoms with E-state index in [1.54, 1.807) is 17.0 Å². The maximum atomic E-state index is 12.9. The van der Waals surface area contributed by atoms with Gasteiger partial charge in [0.25, 0.3) is 0 Å². The van der Waals surface area contributed by atoms with E-state index in [-0.39, 0.29) is 37.3 Å². The van der Waals surface area contributed by atoms with E-state index in [0.29, 0.717) is 6.42 Å². The van der Waals surface area contributed by atoms with E-state index >= 15 is 0 Å². The summed E-state index contributed by atoms with van der Waals surface area (Å²) >= 11 is 0. The van der Waals surface area contributed by atoms with E-state index in [4.69, 9.17) is 5.11 Å². The lowest BCUT2D eigenvalue weighted by Gasteiger charge is -2.27. The van der Waals surface area contributed by atoms with Crippen molar-refractivity contribution in [3.63, 3.8) is 0 Å². The highest BCUT2D eigenvalue weighted by Crippen LogP contribution is 2.28. The number of carbonyl (C=O) groups is 1. The maximum Gasteiger partial charge on any atom is 0.225 e. The van der Waals surface area contributed by atoms with E-state index in [1.165, 1.54) is 12.1 Å². The number of β-amino-alcohol motifs (C(OH)–C–C–N with tert-alkyl or cyclic N) is 1. The molecular weight excluding hydrogens is 237 g/mol. The molecule has 0 bridgehead atoms. The fourth-order valence-corrected chi connectivity index (χ4v) is 2.32. The van der Waals surface area contributed by atoms with Crippen LogP contribution in [-0.2, 0) is 4.79 Å². The number of aliphatic hydroxyl groups excluding tert-OH is 2. The number of aliphatic hydroxyl groups is 2. The molecule has 98 valence electrons. The number of hydrogen-bond donors (Lipinski definition) is 2. The molecule has 2 atom stereocenters. The maximum absolute atomic E-state index is 12.9. The molecule has 1 heterocycles. The van der Waals surface area contributed by atoms with Gasteiger partial charge in [0.05, 0.1) is 18.6 Å². The van der Waals surface area contributed by atoms with Crippen LogP contribution < -0.4 is 0 Å². The SMILES string of the molecule is O=C1CC(O)CN1C(CCO)c1ccc(F)cc1. The van der Waals surface area contributed by atoms with Gasteiger partial charge >= 0.3 is 0 Å². The van der Waals surface area contributed by atoms with Crippen LogP contribution in [0.1, 0.15) is 24.4 Å². The summed E-state index contributed by atoms with van der Waals surface area (Å²) in [4.78, 5) is 13.3. The molecule has 2 rings (SSSR count). The number of carbonyl (C=O) groups excluding carboxylic acids is 1. The van der Waals surface area contributed by atoms with Crippen LogP contribution in [0.2, 0.25) is 0 Å². The van der Waals surface area contributed by atoms with Gasteiger partial charge in [-0.3, -0.25) is 4.79 Å². The largest absolute Gasteiger partial charge is 0.396 e. The van der Waals surface area contributed by atoms with Gasteiger partial charge in [-0.2, -0.15) is 0 Å². The molecule has 1 amide bonds. The Kier molecular flexibility index (Phi) is 3.93. The lowest BCUT2D eigenvalue weighted by Crippen LogP contribution is -2.31. The summed E-state index contributed by atoms with van der Waals surface area (Å²) in [5.74, 6) is -0.473. The second-order valence-corrected chi connectivity index (χ2v) is 4.48. The third-order valence-corrected chi connectivity index (χ3v) is 3.17. The summed E-state index contributed by atoms with van der Waals surface area (Å²) in [7, 11) is 0. The minimum absolute atomic E-state index is 0.0675. The predicted molar refractivity (Wildman–Crippen MR) is 63.2 cm³/mol. The summed E-state index contributed by atoms with van der Waals surface area (Å²) in [5, 5.41) is 18.6. The Hall–Kier alpha value is -1.46. The minimum Gasteiger partial charge on any atom is -0.396 e. The van der Waals surface area contributed by atoms with E-state index in [2.05, 4.69) is 0 Å². The zero-order valence-corrected chi connectivity index (χ0v) is 9.92. The van der Waals surface area contributed by atoms with E-state index in [9.17, 15) is 14.3 Å². The number of rotatable bonds is 4. The number of benzene rings is 1. The fraction of sp³-hybridized carbons (Fsp3) is 0.462. The molecule has 4 nitrogen and oxygen atoms in total.